The minimum atomic E-state index is 0.115. The minimum Gasteiger partial charge on any atom is -0.469 e. The second-order valence-electron chi connectivity index (χ2n) is 5.73. The minimum absolute atomic E-state index is 0.115. The maximum atomic E-state index is 11.9. The highest BCUT2D eigenvalue weighted by molar-refractivity contribution is 5.76. The molecule has 108 valence electrons. The monoisotopic (exact) mass is 267 g/mol. The fourth-order valence-corrected chi connectivity index (χ4v) is 2.11. The van der Waals surface area contributed by atoms with Crippen LogP contribution in [0.4, 0.5) is 0 Å². The topological polar surface area (TPSA) is 46.7 Å². The highest BCUT2D eigenvalue weighted by Crippen LogP contribution is 2.27. The molecule has 0 aliphatic heterocycles. The number of quaternary nitrogens is 1. The fraction of sp³-hybridized carbons (Fsp3) is 0.667. The van der Waals surface area contributed by atoms with Crippen LogP contribution in [0.15, 0.2) is 22.8 Å². The van der Waals surface area contributed by atoms with Crippen molar-refractivity contribution < 1.29 is 14.1 Å². The lowest BCUT2D eigenvalue weighted by molar-refractivity contribution is -0.858. The Bertz CT molecular complexity index is 358. The number of hydrogen-bond acceptors (Lipinski definition) is 2. The normalized spacial score (nSPS) is 12.9. The van der Waals surface area contributed by atoms with E-state index in [1.165, 1.54) is 4.90 Å². The number of carbonyl (C=O) groups excluding carboxylic acids is 1. The van der Waals surface area contributed by atoms with Crippen LogP contribution >= 0.6 is 0 Å². The molecule has 0 saturated heterocycles. The Morgan fingerprint density at radius 3 is 2.68 bits per heavy atom. The van der Waals surface area contributed by atoms with Crippen LogP contribution in [0.2, 0.25) is 0 Å². The summed E-state index contributed by atoms with van der Waals surface area (Å²) in [5, 5.41) is 2.99. The van der Waals surface area contributed by atoms with Crippen LogP contribution in [0.1, 0.15) is 38.4 Å². The van der Waals surface area contributed by atoms with Crippen molar-refractivity contribution in [3.8, 4) is 0 Å². The van der Waals surface area contributed by atoms with E-state index in [0.29, 0.717) is 12.3 Å². The van der Waals surface area contributed by atoms with Crippen molar-refractivity contribution in [1.82, 2.24) is 5.32 Å². The van der Waals surface area contributed by atoms with E-state index < -0.39 is 0 Å². The molecule has 1 aromatic heterocycles. The Labute approximate surface area is 116 Å². The zero-order valence-electron chi connectivity index (χ0n) is 12.5. The van der Waals surface area contributed by atoms with E-state index >= 15 is 0 Å². The van der Waals surface area contributed by atoms with Crippen molar-refractivity contribution in [3.05, 3.63) is 24.2 Å². The predicted molar refractivity (Wildman–Crippen MR) is 76.2 cm³/mol. The molecule has 0 aliphatic carbocycles. The van der Waals surface area contributed by atoms with Crippen LogP contribution in [0.5, 0.6) is 0 Å². The molecule has 1 aromatic rings. The summed E-state index contributed by atoms with van der Waals surface area (Å²) in [4.78, 5) is 13.3. The van der Waals surface area contributed by atoms with E-state index in [2.05, 4.69) is 33.3 Å². The van der Waals surface area contributed by atoms with Crippen molar-refractivity contribution in [2.45, 2.75) is 32.6 Å². The zero-order chi connectivity index (χ0) is 14.3. The average Bonchev–Trinajstić information content (AvgIpc) is 2.84. The van der Waals surface area contributed by atoms with Gasteiger partial charge in [0.2, 0.25) is 5.91 Å². The lowest BCUT2D eigenvalue weighted by Crippen LogP contribution is -3.05. The SMILES string of the molecule is CC(C)[C@H](CC(=O)NCCC[NH+](C)C)c1ccco1. The number of carbonyl (C=O) groups is 1. The van der Waals surface area contributed by atoms with E-state index in [4.69, 9.17) is 4.42 Å². The van der Waals surface area contributed by atoms with Gasteiger partial charge in [-0.2, -0.15) is 0 Å². The average molecular weight is 267 g/mol. The second kappa shape index (κ2) is 8.00. The summed E-state index contributed by atoms with van der Waals surface area (Å²) >= 11 is 0. The van der Waals surface area contributed by atoms with E-state index in [0.717, 1.165) is 25.3 Å². The van der Waals surface area contributed by atoms with Gasteiger partial charge in [0.05, 0.1) is 26.9 Å². The van der Waals surface area contributed by atoms with Crippen molar-refractivity contribution in [2.75, 3.05) is 27.2 Å². The van der Waals surface area contributed by atoms with E-state index in [1.54, 1.807) is 6.26 Å². The summed E-state index contributed by atoms with van der Waals surface area (Å²) in [5.74, 6) is 1.57. The van der Waals surface area contributed by atoms with Gasteiger partial charge in [-0.25, -0.2) is 0 Å². The first-order valence-corrected chi connectivity index (χ1v) is 7.09. The van der Waals surface area contributed by atoms with Crippen LogP contribution in [0.25, 0.3) is 0 Å². The first kappa shape index (κ1) is 15.8. The van der Waals surface area contributed by atoms with Gasteiger partial charge < -0.3 is 14.6 Å². The molecule has 4 heteroatoms. The Hall–Kier alpha value is -1.29. The van der Waals surface area contributed by atoms with Gasteiger partial charge in [-0.3, -0.25) is 4.79 Å². The Morgan fingerprint density at radius 1 is 1.42 bits per heavy atom. The smallest absolute Gasteiger partial charge is 0.220 e. The molecule has 0 bridgehead atoms. The Morgan fingerprint density at radius 2 is 2.16 bits per heavy atom. The molecule has 1 atom stereocenters. The van der Waals surface area contributed by atoms with Gasteiger partial charge in [0.15, 0.2) is 0 Å². The van der Waals surface area contributed by atoms with Crippen LogP contribution in [0, 0.1) is 5.92 Å². The largest absolute Gasteiger partial charge is 0.469 e. The van der Waals surface area contributed by atoms with Crippen molar-refractivity contribution in [3.63, 3.8) is 0 Å². The molecular weight excluding hydrogens is 240 g/mol. The van der Waals surface area contributed by atoms with E-state index in [1.807, 2.05) is 12.1 Å². The molecule has 0 aromatic carbocycles. The first-order valence-electron chi connectivity index (χ1n) is 7.09. The molecule has 0 spiro atoms. The molecule has 1 rings (SSSR count). The molecule has 0 radical (unpaired) electrons. The maximum Gasteiger partial charge on any atom is 0.220 e. The third-order valence-corrected chi connectivity index (χ3v) is 3.29. The van der Waals surface area contributed by atoms with Gasteiger partial charge in [0.25, 0.3) is 0 Å². The van der Waals surface area contributed by atoms with Gasteiger partial charge >= 0.3 is 0 Å². The highest BCUT2D eigenvalue weighted by atomic mass is 16.3. The third kappa shape index (κ3) is 5.92. The fourth-order valence-electron chi connectivity index (χ4n) is 2.11. The van der Waals surface area contributed by atoms with Crippen LogP contribution in [0.3, 0.4) is 0 Å². The standard InChI is InChI=1S/C15H26N2O2/c1-12(2)13(14-7-5-10-19-14)11-15(18)16-8-6-9-17(3)4/h5,7,10,12-13H,6,8-9,11H2,1-4H3,(H,16,18)/p+1/t13-/m0/s1. The van der Waals surface area contributed by atoms with Crippen molar-refractivity contribution in [2.24, 2.45) is 5.92 Å². The first-order chi connectivity index (χ1) is 9.00. The molecular formula is C15H27N2O2+. The molecule has 0 unspecified atom stereocenters. The number of hydrogen-bond donors (Lipinski definition) is 2. The van der Waals surface area contributed by atoms with Gasteiger partial charge in [0.1, 0.15) is 5.76 Å². The van der Waals surface area contributed by atoms with Crippen molar-refractivity contribution in [1.29, 1.82) is 0 Å². The van der Waals surface area contributed by atoms with Crippen LogP contribution in [-0.4, -0.2) is 33.1 Å². The summed E-state index contributed by atoms with van der Waals surface area (Å²) in [6.45, 7) is 6.07. The summed E-state index contributed by atoms with van der Waals surface area (Å²) in [6.07, 6.45) is 3.18. The molecule has 2 N–H and O–H groups in total. The summed E-state index contributed by atoms with van der Waals surface area (Å²) in [5.41, 5.74) is 0. The molecule has 19 heavy (non-hydrogen) atoms. The lowest BCUT2D eigenvalue weighted by Gasteiger charge is -2.18. The van der Waals surface area contributed by atoms with E-state index in [-0.39, 0.29) is 11.8 Å². The second-order valence-corrected chi connectivity index (χ2v) is 5.73. The van der Waals surface area contributed by atoms with E-state index in [9.17, 15) is 4.79 Å². The highest BCUT2D eigenvalue weighted by Gasteiger charge is 2.21. The molecule has 0 fully saturated rings. The van der Waals surface area contributed by atoms with Gasteiger partial charge in [-0.15, -0.1) is 0 Å². The van der Waals surface area contributed by atoms with Crippen LogP contribution in [-0.2, 0) is 4.79 Å². The maximum absolute atomic E-state index is 11.9. The summed E-state index contributed by atoms with van der Waals surface area (Å²) in [7, 11) is 4.24. The summed E-state index contributed by atoms with van der Waals surface area (Å²) in [6, 6.07) is 3.83. The van der Waals surface area contributed by atoms with Gasteiger partial charge in [0, 0.05) is 25.3 Å². The molecule has 0 aliphatic rings. The Balaban J connectivity index is 2.36. The van der Waals surface area contributed by atoms with Gasteiger partial charge in [-0.1, -0.05) is 13.8 Å². The predicted octanol–water partition coefficient (Wildman–Crippen LogP) is 1.06. The molecule has 4 nitrogen and oxygen atoms in total. The lowest BCUT2D eigenvalue weighted by atomic mass is 9.90. The molecule has 1 heterocycles. The number of nitrogens with one attached hydrogen (secondary N) is 2. The number of furan rings is 1. The zero-order valence-corrected chi connectivity index (χ0v) is 12.5. The van der Waals surface area contributed by atoms with Crippen molar-refractivity contribution >= 4 is 5.91 Å². The molecule has 1 amide bonds. The molecule has 0 saturated carbocycles. The Kier molecular flexibility index (Phi) is 6.64. The summed E-state index contributed by atoms with van der Waals surface area (Å²) < 4.78 is 5.43. The number of rotatable bonds is 8. The number of amides is 1. The quantitative estimate of drug-likeness (QED) is 0.692. The van der Waals surface area contributed by atoms with Crippen LogP contribution < -0.4 is 10.2 Å². The van der Waals surface area contributed by atoms with Gasteiger partial charge in [-0.05, 0) is 18.1 Å². The third-order valence-electron chi connectivity index (χ3n) is 3.29.